The summed E-state index contributed by atoms with van der Waals surface area (Å²) >= 11 is 0. The fraction of sp³-hybridized carbons (Fsp3) is 0.231. The van der Waals surface area contributed by atoms with Crippen LogP contribution in [0.5, 0.6) is 0 Å². The van der Waals surface area contributed by atoms with E-state index >= 15 is 0 Å². The number of aromatic nitrogens is 2. The molecule has 0 atom stereocenters. The van der Waals surface area contributed by atoms with Gasteiger partial charge in [-0.3, -0.25) is 4.79 Å². The smallest absolute Gasteiger partial charge is 0.256 e. The van der Waals surface area contributed by atoms with E-state index < -0.39 is 17.2 Å². The summed E-state index contributed by atoms with van der Waals surface area (Å²) in [5.74, 6) is -1.47. The second-order valence-electron chi connectivity index (χ2n) is 4.53. The van der Waals surface area contributed by atoms with Crippen molar-refractivity contribution < 1.29 is 8.78 Å². The maximum absolute atomic E-state index is 13.1. The van der Waals surface area contributed by atoms with E-state index in [9.17, 15) is 13.6 Å². The third kappa shape index (κ3) is 2.62. The van der Waals surface area contributed by atoms with Crippen LogP contribution in [0.4, 0.5) is 14.6 Å². The first-order valence-electron chi connectivity index (χ1n) is 5.74. The van der Waals surface area contributed by atoms with Crippen LogP contribution in [0.15, 0.2) is 23.0 Å². The van der Waals surface area contributed by atoms with Gasteiger partial charge >= 0.3 is 0 Å². The molecule has 0 saturated carbocycles. The predicted molar refractivity (Wildman–Crippen MR) is 68.7 cm³/mol. The van der Waals surface area contributed by atoms with Gasteiger partial charge in [-0.1, -0.05) is 13.8 Å². The summed E-state index contributed by atoms with van der Waals surface area (Å²) in [6.07, 6.45) is 0. The number of nitrogen functional groups attached to an aromatic ring is 1. The van der Waals surface area contributed by atoms with Crippen molar-refractivity contribution in [2.45, 2.75) is 19.8 Å². The van der Waals surface area contributed by atoms with Crippen molar-refractivity contribution in [1.29, 1.82) is 0 Å². The highest BCUT2D eigenvalue weighted by atomic mass is 19.1. The molecule has 3 N–H and O–H groups in total. The summed E-state index contributed by atoms with van der Waals surface area (Å²) in [7, 11) is 0. The molecule has 0 saturated heterocycles. The van der Waals surface area contributed by atoms with Gasteiger partial charge in [0, 0.05) is 11.6 Å². The topological polar surface area (TPSA) is 71.8 Å². The second kappa shape index (κ2) is 4.79. The molecule has 0 amide bonds. The number of hydrogen-bond acceptors (Lipinski definition) is 3. The molecule has 0 aliphatic rings. The molecule has 6 heteroatoms. The Labute approximate surface area is 108 Å². The van der Waals surface area contributed by atoms with Gasteiger partial charge < -0.3 is 10.7 Å². The van der Waals surface area contributed by atoms with Crippen molar-refractivity contribution in [1.82, 2.24) is 9.97 Å². The Balaban J connectivity index is 2.62. The molecule has 2 rings (SSSR count). The maximum Gasteiger partial charge on any atom is 0.256 e. The standard InChI is InChI=1S/C13H13F2N3O/c1-6(2)10-11(16)17-12(18-13(10)19)7-3-8(14)5-9(15)4-7/h3-6H,1-2H3,(H3,16,17,18,19). The molecule has 0 fully saturated rings. The van der Waals surface area contributed by atoms with Gasteiger partial charge in [-0.05, 0) is 18.1 Å². The molecule has 19 heavy (non-hydrogen) atoms. The van der Waals surface area contributed by atoms with Crippen molar-refractivity contribution in [3.8, 4) is 11.4 Å². The van der Waals surface area contributed by atoms with E-state index in [4.69, 9.17) is 5.73 Å². The van der Waals surface area contributed by atoms with Crippen LogP contribution >= 0.6 is 0 Å². The molecule has 1 heterocycles. The Kier molecular flexibility index (Phi) is 3.33. The molecule has 0 aliphatic carbocycles. The third-order valence-electron chi connectivity index (χ3n) is 2.70. The van der Waals surface area contributed by atoms with Crippen molar-refractivity contribution >= 4 is 5.82 Å². The molecule has 0 radical (unpaired) electrons. The average molecular weight is 265 g/mol. The molecule has 0 aliphatic heterocycles. The van der Waals surface area contributed by atoms with Gasteiger partial charge in [-0.15, -0.1) is 0 Å². The van der Waals surface area contributed by atoms with Gasteiger partial charge in [0.05, 0.1) is 5.56 Å². The van der Waals surface area contributed by atoms with E-state index in [-0.39, 0.29) is 23.1 Å². The lowest BCUT2D eigenvalue weighted by molar-refractivity contribution is 0.584. The normalized spacial score (nSPS) is 11.0. The van der Waals surface area contributed by atoms with E-state index in [0.29, 0.717) is 5.56 Å². The Morgan fingerprint density at radius 2 is 1.79 bits per heavy atom. The predicted octanol–water partition coefficient (Wildman–Crippen LogP) is 2.42. The largest absolute Gasteiger partial charge is 0.383 e. The zero-order valence-corrected chi connectivity index (χ0v) is 10.5. The number of hydrogen-bond donors (Lipinski definition) is 2. The first kappa shape index (κ1) is 13.2. The van der Waals surface area contributed by atoms with Crippen LogP contribution in [0.3, 0.4) is 0 Å². The highest BCUT2D eigenvalue weighted by Crippen LogP contribution is 2.21. The quantitative estimate of drug-likeness (QED) is 0.875. The minimum atomic E-state index is -0.746. The molecule has 0 bridgehead atoms. The number of anilines is 1. The van der Waals surface area contributed by atoms with Crippen molar-refractivity contribution in [2.75, 3.05) is 5.73 Å². The lowest BCUT2D eigenvalue weighted by Gasteiger charge is -2.09. The van der Waals surface area contributed by atoms with Gasteiger partial charge in [0.15, 0.2) is 0 Å². The van der Waals surface area contributed by atoms with Crippen LogP contribution in [-0.4, -0.2) is 9.97 Å². The summed E-state index contributed by atoms with van der Waals surface area (Å²) in [6.45, 7) is 3.62. The van der Waals surface area contributed by atoms with Crippen LogP contribution in [0.2, 0.25) is 0 Å². The Morgan fingerprint density at radius 3 is 2.26 bits per heavy atom. The second-order valence-corrected chi connectivity index (χ2v) is 4.53. The number of rotatable bonds is 2. The molecular formula is C13H13F2N3O. The summed E-state index contributed by atoms with van der Waals surface area (Å²) < 4.78 is 26.3. The van der Waals surface area contributed by atoms with Gasteiger partial charge in [0.1, 0.15) is 23.3 Å². The first-order chi connectivity index (χ1) is 8.88. The lowest BCUT2D eigenvalue weighted by atomic mass is 10.1. The van der Waals surface area contributed by atoms with E-state index in [1.807, 2.05) is 13.8 Å². The average Bonchev–Trinajstić information content (AvgIpc) is 2.25. The van der Waals surface area contributed by atoms with Gasteiger partial charge in [-0.25, -0.2) is 13.8 Å². The van der Waals surface area contributed by atoms with Crippen molar-refractivity contribution in [3.63, 3.8) is 0 Å². The first-order valence-corrected chi connectivity index (χ1v) is 5.74. The summed E-state index contributed by atoms with van der Waals surface area (Å²) in [4.78, 5) is 18.4. The monoisotopic (exact) mass is 265 g/mol. The van der Waals surface area contributed by atoms with Gasteiger partial charge in [-0.2, -0.15) is 0 Å². The molecule has 1 aromatic heterocycles. The SMILES string of the molecule is CC(C)c1c(N)nc(-c2cc(F)cc(F)c2)[nH]c1=O. The van der Waals surface area contributed by atoms with Crippen LogP contribution in [-0.2, 0) is 0 Å². The van der Waals surface area contributed by atoms with Gasteiger partial charge in [0.2, 0.25) is 0 Å². The summed E-state index contributed by atoms with van der Waals surface area (Å²) in [5.41, 5.74) is 5.81. The zero-order valence-electron chi connectivity index (χ0n) is 10.5. The van der Waals surface area contributed by atoms with Crippen molar-refractivity contribution in [2.24, 2.45) is 0 Å². The Hall–Kier alpha value is -2.24. The van der Waals surface area contributed by atoms with E-state index in [2.05, 4.69) is 9.97 Å². The number of aromatic amines is 1. The highest BCUT2D eigenvalue weighted by Gasteiger charge is 2.14. The van der Waals surface area contributed by atoms with Crippen LogP contribution in [0.1, 0.15) is 25.3 Å². The molecular weight excluding hydrogens is 252 g/mol. The Bertz CT molecular complexity index is 660. The molecule has 4 nitrogen and oxygen atoms in total. The highest BCUT2D eigenvalue weighted by molar-refractivity contribution is 5.58. The van der Waals surface area contributed by atoms with E-state index in [0.717, 1.165) is 18.2 Å². The number of nitrogens with one attached hydrogen (secondary N) is 1. The fourth-order valence-electron chi connectivity index (χ4n) is 1.89. The number of H-pyrrole nitrogens is 1. The Morgan fingerprint density at radius 1 is 1.21 bits per heavy atom. The van der Waals surface area contributed by atoms with E-state index in [1.54, 1.807) is 0 Å². The van der Waals surface area contributed by atoms with Crippen molar-refractivity contribution in [3.05, 3.63) is 45.8 Å². The fourth-order valence-corrected chi connectivity index (χ4v) is 1.89. The number of nitrogens with two attached hydrogens (primary N) is 1. The lowest BCUT2D eigenvalue weighted by Crippen LogP contribution is -2.19. The van der Waals surface area contributed by atoms with Crippen LogP contribution in [0, 0.1) is 11.6 Å². The minimum Gasteiger partial charge on any atom is -0.383 e. The summed E-state index contributed by atoms with van der Waals surface area (Å²) in [6, 6.07) is 2.90. The van der Waals surface area contributed by atoms with Gasteiger partial charge in [0.25, 0.3) is 5.56 Å². The molecule has 100 valence electrons. The number of nitrogens with zero attached hydrogens (tertiary/aromatic N) is 1. The number of benzene rings is 1. The molecule has 0 unspecified atom stereocenters. The zero-order chi connectivity index (χ0) is 14.2. The maximum atomic E-state index is 13.1. The number of halogens is 2. The minimum absolute atomic E-state index is 0.0466. The molecule has 2 aromatic rings. The van der Waals surface area contributed by atoms with E-state index in [1.165, 1.54) is 0 Å². The summed E-state index contributed by atoms with van der Waals surface area (Å²) in [5, 5.41) is 0. The third-order valence-corrected chi connectivity index (χ3v) is 2.70. The molecule has 1 aromatic carbocycles. The molecule has 0 spiro atoms. The van der Waals surface area contributed by atoms with Crippen LogP contribution in [0.25, 0.3) is 11.4 Å². The van der Waals surface area contributed by atoms with Crippen LogP contribution < -0.4 is 11.3 Å².